The van der Waals surface area contributed by atoms with Crippen LogP contribution in [-0.4, -0.2) is 17.6 Å². The van der Waals surface area contributed by atoms with Gasteiger partial charge in [0, 0.05) is 12.5 Å². The van der Waals surface area contributed by atoms with Crippen LogP contribution in [0.4, 0.5) is 0 Å². The van der Waals surface area contributed by atoms with E-state index in [1.54, 1.807) is 11.3 Å². The van der Waals surface area contributed by atoms with Crippen LogP contribution in [0.2, 0.25) is 5.02 Å². The number of fused-ring (bicyclic) bond motifs is 1. The molecule has 0 saturated heterocycles. The van der Waals surface area contributed by atoms with Gasteiger partial charge >= 0.3 is 0 Å². The molecular weight excluding hydrogens is 252 g/mol. The molecule has 0 bridgehead atoms. The molecule has 1 aromatic heterocycles. The standard InChI is InChI=1S/C13H17ClN2S/c1-9(2)15-8-4-7-12-16-11-6-3-5-10(14)13(11)17-12/h3,5-6,9,15H,4,7-8H2,1-2H3. The normalized spacial score (nSPS) is 11.5. The van der Waals surface area contributed by atoms with Gasteiger partial charge in [0.2, 0.25) is 0 Å². The van der Waals surface area contributed by atoms with E-state index in [0.717, 1.165) is 34.6 Å². The molecule has 17 heavy (non-hydrogen) atoms. The number of aryl methyl sites for hydroxylation is 1. The van der Waals surface area contributed by atoms with E-state index in [1.165, 1.54) is 5.01 Å². The summed E-state index contributed by atoms with van der Waals surface area (Å²) in [6.45, 7) is 5.37. The number of thiazole rings is 1. The predicted molar refractivity (Wildman–Crippen MR) is 76.1 cm³/mol. The summed E-state index contributed by atoms with van der Waals surface area (Å²) >= 11 is 7.84. The summed E-state index contributed by atoms with van der Waals surface area (Å²) in [6, 6.07) is 6.45. The average molecular weight is 269 g/mol. The average Bonchev–Trinajstić information content (AvgIpc) is 2.69. The summed E-state index contributed by atoms with van der Waals surface area (Å²) in [5, 5.41) is 5.40. The summed E-state index contributed by atoms with van der Waals surface area (Å²) in [5.74, 6) is 0. The third kappa shape index (κ3) is 3.41. The molecule has 2 nitrogen and oxygen atoms in total. The van der Waals surface area contributed by atoms with Gasteiger partial charge < -0.3 is 5.32 Å². The summed E-state index contributed by atoms with van der Waals surface area (Å²) < 4.78 is 1.11. The van der Waals surface area contributed by atoms with Gasteiger partial charge in [-0.3, -0.25) is 0 Å². The van der Waals surface area contributed by atoms with Gasteiger partial charge in [-0.15, -0.1) is 11.3 Å². The quantitative estimate of drug-likeness (QED) is 0.833. The number of nitrogens with zero attached hydrogens (tertiary/aromatic N) is 1. The summed E-state index contributed by atoms with van der Waals surface area (Å²) in [4.78, 5) is 4.60. The fourth-order valence-electron chi connectivity index (χ4n) is 1.70. The third-order valence-electron chi connectivity index (χ3n) is 2.53. The Morgan fingerprint density at radius 1 is 1.41 bits per heavy atom. The van der Waals surface area contributed by atoms with Crippen LogP contribution < -0.4 is 5.32 Å². The molecule has 1 N–H and O–H groups in total. The molecule has 0 saturated carbocycles. The van der Waals surface area contributed by atoms with E-state index in [9.17, 15) is 0 Å². The molecule has 0 amide bonds. The first-order valence-electron chi connectivity index (χ1n) is 5.94. The number of hydrogen-bond donors (Lipinski definition) is 1. The van der Waals surface area contributed by atoms with Gasteiger partial charge in [0.1, 0.15) is 0 Å². The highest BCUT2D eigenvalue weighted by molar-refractivity contribution is 7.19. The van der Waals surface area contributed by atoms with Crippen LogP contribution >= 0.6 is 22.9 Å². The minimum absolute atomic E-state index is 0.555. The Morgan fingerprint density at radius 2 is 2.24 bits per heavy atom. The fourth-order valence-corrected chi connectivity index (χ4v) is 2.99. The first kappa shape index (κ1) is 12.8. The highest BCUT2D eigenvalue weighted by Gasteiger charge is 2.06. The van der Waals surface area contributed by atoms with E-state index in [2.05, 4.69) is 24.1 Å². The van der Waals surface area contributed by atoms with Crippen LogP contribution in [0.1, 0.15) is 25.3 Å². The monoisotopic (exact) mass is 268 g/mol. The molecule has 0 aliphatic rings. The number of nitrogens with one attached hydrogen (secondary N) is 1. The fraction of sp³-hybridized carbons (Fsp3) is 0.462. The maximum absolute atomic E-state index is 6.13. The Labute approximate surface area is 111 Å². The van der Waals surface area contributed by atoms with Crippen molar-refractivity contribution in [1.29, 1.82) is 0 Å². The van der Waals surface area contributed by atoms with Crippen molar-refractivity contribution in [3.8, 4) is 0 Å². The zero-order chi connectivity index (χ0) is 12.3. The molecule has 0 aliphatic carbocycles. The lowest BCUT2D eigenvalue weighted by molar-refractivity contribution is 0.570. The zero-order valence-electron chi connectivity index (χ0n) is 10.2. The lowest BCUT2D eigenvalue weighted by Crippen LogP contribution is -2.23. The minimum Gasteiger partial charge on any atom is -0.315 e. The molecule has 0 unspecified atom stereocenters. The van der Waals surface area contributed by atoms with Crippen LogP contribution in [0.15, 0.2) is 18.2 Å². The van der Waals surface area contributed by atoms with Crippen LogP contribution in [0.5, 0.6) is 0 Å². The lowest BCUT2D eigenvalue weighted by atomic mass is 10.3. The molecule has 0 spiro atoms. The Bertz CT molecular complexity index is 493. The van der Waals surface area contributed by atoms with E-state index in [4.69, 9.17) is 11.6 Å². The summed E-state index contributed by atoms with van der Waals surface area (Å²) in [7, 11) is 0. The number of rotatable bonds is 5. The zero-order valence-corrected chi connectivity index (χ0v) is 11.7. The van der Waals surface area contributed by atoms with Gasteiger partial charge in [-0.1, -0.05) is 31.5 Å². The molecule has 92 valence electrons. The van der Waals surface area contributed by atoms with E-state index in [1.807, 2.05) is 18.2 Å². The van der Waals surface area contributed by atoms with Gasteiger partial charge in [0.15, 0.2) is 0 Å². The van der Waals surface area contributed by atoms with E-state index in [0.29, 0.717) is 6.04 Å². The maximum atomic E-state index is 6.13. The Morgan fingerprint density at radius 3 is 2.94 bits per heavy atom. The van der Waals surface area contributed by atoms with Crippen molar-refractivity contribution < 1.29 is 0 Å². The third-order valence-corrected chi connectivity index (χ3v) is 4.12. The van der Waals surface area contributed by atoms with Crippen LogP contribution in [0.25, 0.3) is 10.2 Å². The Balaban J connectivity index is 1.98. The van der Waals surface area contributed by atoms with E-state index < -0.39 is 0 Å². The van der Waals surface area contributed by atoms with E-state index in [-0.39, 0.29) is 0 Å². The molecule has 4 heteroatoms. The van der Waals surface area contributed by atoms with E-state index >= 15 is 0 Å². The van der Waals surface area contributed by atoms with Gasteiger partial charge in [-0.05, 0) is 25.1 Å². The highest BCUT2D eigenvalue weighted by atomic mass is 35.5. The SMILES string of the molecule is CC(C)NCCCc1nc2cccc(Cl)c2s1. The second-order valence-electron chi connectivity index (χ2n) is 4.41. The molecular formula is C13H17ClN2S. The van der Waals surface area contributed by atoms with Crippen molar-refractivity contribution >= 4 is 33.2 Å². The Hall–Kier alpha value is -0.640. The Kier molecular flexibility index (Phi) is 4.37. The van der Waals surface area contributed by atoms with Gasteiger partial charge in [-0.25, -0.2) is 4.98 Å². The molecule has 0 fully saturated rings. The first-order chi connectivity index (χ1) is 8.16. The molecule has 0 aliphatic heterocycles. The molecule has 1 aromatic carbocycles. The molecule has 2 aromatic rings. The highest BCUT2D eigenvalue weighted by Crippen LogP contribution is 2.29. The van der Waals surface area contributed by atoms with Crippen molar-refractivity contribution in [2.45, 2.75) is 32.7 Å². The second-order valence-corrected chi connectivity index (χ2v) is 5.90. The van der Waals surface area contributed by atoms with Crippen molar-refractivity contribution in [3.63, 3.8) is 0 Å². The number of benzene rings is 1. The van der Waals surface area contributed by atoms with Crippen LogP contribution in [0, 0.1) is 0 Å². The first-order valence-corrected chi connectivity index (χ1v) is 7.13. The predicted octanol–water partition coefficient (Wildman–Crippen LogP) is 3.88. The smallest absolute Gasteiger partial charge is 0.0939 e. The van der Waals surface area contributed by atoms with Gasteiger partial charge in [-0.2, -0.15) is 0 Å². The summed E-state index contributed by atoms with van der Waals surface area (Å²) in [5.41, 5.74) is 1.02. The van der Waals surface area contributed by atoms with Gasteiger partial charge in [0.05, 0.1) is 20.2 Å². The van der Waals surface area contributed by atoms with Gasteiger partial charge in [0.25, 0.3) is 0 Å². The number of halogens is 1. The number of aromatic nitrogens is 1. The topological polar surface area (TPSA) is 24.9 Å². The molecule has 2 rings (SSSR count). The van der Waals surface area contributed by atoms with Crippen molar-refractivity contribution in [1.82, 2.24) is 10.3 Å². The largest absolute Gasteiger partial charge is 0.315 e. The molecule has 0 atom stereocenters. The molecule has 0 radical (unpaired) electrons. The molecule has 1 heterocycles. The van der Waals surface area contributed by atoms with Crippen molar-refractivity contribution in [2.75, 3.05) is 6.54 Å². The lowest BCUT2D eigenvalue weighted by Gasteiger charge is -2.05. The summed E-state index contributed by atoms with van der Waals surface area (Å²) in [6.07, 6.45) is 2.14. The van der Waals surface area contributed by atoms with Crippen molar-refractivity contribution in [2.24, 2.45) is 0 Å². The van der Waals surface area contributed by atoms with Crippen LogP contribution in [-0.2, 0) is 6.42 Å². The van der Waals surface area contributed by atoms with Crippen molar-refractivity contribution in [3.05, 3.63) is 28.2 Å². The minimum atomic E-state index is 0.555. The maximum Gasteiger partial charge on any atom is 0.0939 e. The second kappa shape index (κ2) is 5.80. The van der Waals surface area contributed by atoms with Crippen LogP contribution in [0.3, 0.4) is 0 Å². The number of hydrogen-bond acceptors (Lipinski definition) is 3.